The smallest absolute Gasteiger partial charge is 0.289 e. The Morgan fingerprint density at radius 1 is 1.46 bits per heavy atom. The summed E-state index contributed by atoms with van der Waals surface area (Å²) in [4.78, 5) is 23.8. The van der Waals surface area contributed by atoms with Crippen molar-refractivity contribution < 1.29 is 14.3 Å². The number of rotatable bonds is 3. The molecule has 0 aromatic rings. The Morgan fingerprint density at radius 3 is 2.46 bits per heavy atom. The number of nitrogens with zero attached hydrogens (tertiary/aromatic N) is 1. The number of amides is 2. The highest BCUT2D eigenvalue weighted by Gasteiger charge is 2.35. The largest absolute Gasteiger partial charge is 0.380 e. The minimum Gasteiger partial charge on any atom is -0.380 e. The zero-order valence-corrected chi connectivity index (χ0v) is 8.76. The molecule has 1 rings (SSSR count). The number of methoxy groups -OCH3 is 1. The summed E-state index contributed by atoms with van der Waals surface area (Å²) < 4.78 is 5.07. The van der Waals surface area contributed by atoms with E-state index < -0.39 is 0 Å². The highest BCUT2D eigenvalue weighted by atomic mass is 32.2. The van der Waals surface area contributed by atoms with E-state index in [1.54, 1.807) is 7.11 Å². The summed E-state index contributed by atoms with van der Waals surface area (Å²) in [7, 11) is 1.57. The van der Waals surface area contributed by atoms with Crippen LogP contribution < -0.4 is 0 Å². The molecule has 1 fully saturated rings. The Bertz CT molecular complexity index is 215. The van der Waals surface area contributed by atoms with Gasteiger partial charge in [0.25, 0.3) is 5.24 Å². The average Bonchev–Trinajstić information content (AvgIpc) is 2.44. The van der Waals surface area contributed by atoms with Gasteiger partial charge in [-0.05, 0) is 13.8 Å². The second-order valence-electron chi connectivity index (χ2n) is 3.00. The van der Waals surface area contributed by atoms with Crippen LogP contribution in [0.3, 0.4) is 0 Å². The van der Waals surface area contributed by atoms with Crippen molar-refractivity contribution in [2.45, 2.75) is 26.0 Å². The maximum Gasteiger partial charge on any atom is 0.289 e. The van der Waals surface area contributed by atoms with Gasteiger partial charge in [0.2, 0.25) is 5.91 Å². The Kier molecular flexibility index (Phi) is 3.33. The van der Waals surface area contributed by atoms with Gasteiger partial charge in [-0.1, -0.05) is 11.8 Å². The molecule has 1 unspecified atom stereocenters. The van der Waals surface area contributed by atoms with E-state index in [4.69, 9.17) is 4.74 Å². The number of hydrogen-bond acceptors (Lipinski definition) is 4. The molecule has 1 aliphatic heterocycles. The summed E-state index contributed by atoms with van der Waals surface area (Å²) in [6.45, 7) is 3.66. The second kappa shape index (κ2) is 4.11. The zero-order chi connectivity index (χ0) is 10.0. The van der Waals surface area contributed by atoms with Gasteiger partial charge in [0.1, 0.15) is 0 Å². The molecule has 0 aromatic carbocycles. The van der Waals surface area contributed by atoms with E-state index in [9.17, 15) is 9.59 Å². The Balaban J connectivity index is 2.69. The van der Waals surface area contributed by atoms with Gasteiger partial charge >= 0.3 is 0 Å². The van der Waals surface area contributed by atoms with Crippen molar-refractivity contribution in [1.29, 1.82) is 0 Å². The number of carbonyl (C=O) groups is 2. The molecule has 13 heavy (non-hydrogen) atoms. The molecule has 2 amide bonds. The van der Waals surface area contributed by atoms with Crippen LogP contribution in [-0.4, -0.2) is 41.1 Å². The first kappa shape index (κ1) is 10.5. The van der Waals surface area contributed by atoms with Gasteiger partial charge in [-0.3, -0.25) is 14.5 Å². The van der Waals surface area contributed by atoms with Gasteiger partial charge in [0, 0.05) is 7.11 Å². The van der Waals surface area contributed by atoms with Gasteiger partial charge < -0.3 is 4.74 Å². The highest BCUT2D eigenvalue weighted by molar-refractivity contribution is 8.14. The summed E-state index contributed by atoms with van der Waals surface area (Å²) in [6, 6.07) is -0.181. The lowest BCUT2D eigenvalue weighted by molar-refractivity contribution is -0.127. The van der Waals surface area contributed by atoms with Crippen molar-refractivity contribution >= 4 is 22.9 Å². The van der Waals surface area contributed by atoms with Crippen LogP contribution in [0.4, 0.5) is 4.79 Å². The fraction of sp³-hybridized carbons (Fsp3) is 0.750. The van der Waals surface area contributed by atoms with Crippen LogP contribution in [0.1, 0.15) is 13.8 Å². The average molecular weight is 203 g/mol. The molecule has 0 aromatic heterocycles. The predicted octanol–water partition coefficient (Wildman–Crippen LogP) is 1.11. The standard InChI is InChI=1S/C8H13NO3S/c1-5(6(2)12-3)9-7(10)4-13-8(9)11/h5-6H,4H2,1-3H3/t5?,6-/m1/s1. The number of carbonyl (C=O) groups excluding carboxylic acids is 2. The molecular weight excluding hydrogens is 190 g/mol. The highest BCUT2D eigenvalue weighted by Crippen LogP contribution is 2.23. The molecule has 0 radical (unpaired) electrons. The van der Waals surface area contributed by atoms with Crippen molar-refractivity contribution in [1.82, 2.24) is 4.90 Å². The van der Waals surface area contributed by atoms with Crippen LogP contribution >= 0.6 is 11.8 Å². The minimum atomic E-state index is -0.181. The molecule has 0 spiro atoms. The van der Waals surface area contributed by atoms with Gasteiger partial charge in [0.05, 0.1) is 17.9 Å². The van der Waals surface area contributed by atoms with Crippen molar-refractivity contribution in [3.8, 4) is 0 Å². The van der Waals surface area contributed by atoms with E-state index in [0.29, 0.717) is 0 Å². The number of thioether (sulfide) groups is 1. The first-order valence-electron chi connectivity index (χ1n) is 4.09. The van der Waals surface area contributed by atoms with E-state index in [0.717, 1.165) is 11.8 Å². The fourth-order valence-electron chi connectivity index (χ4n) is 1.16. The van der Waals surface area contributed by atoms with Crippen molar-refractivity contribution in [3.63, 3.8) is 0 Å². The lowest BCUT2D eigenvalue weighted by atomic mass is 10.2. The van der Waals surface area contributed by atoms with Crippen molar-refractivity contribution in [3.05, 3.63) is 0 Å². The lowest BCUT2D eigenvalue weighted by Crippen LogP contribution is -2.43. The Hall–Kier alpha value is -0.550. The van der Waals surface area contributed by atoms with Crippen LogP contribution in [0, 0.1) is 0 Å². The monoisotopic (exact) mass is 203 g/mol. The summed E-state index contributed by atoms with van der Waals surface area (Å²) >= 11 is 1.05. The minimum absolute atomic E-state index is 0.119. The summed E-state index contributed by atoms with van der Waals surface area (Å²) in [5, 5.41) is -0.165. The topological polar surface area (TPSA) is 46.6 Å². The quantitative estimate of drug-likeness (QED) is 0.689. The lowest BCUT2D eigenvalue weighted by Gasteiger charge is -2.26. The van der Waals surface area contributed by atoms with Crippen LogP contribution in [0.5, 0.6) is 0 Å². The molecule has 5 heteroatoms. The first-order valence-corrected chi connectivity index (χ1v) is 5.08. The van der Waals surface area contributed by atoms with E-state index >= 15 is 0 Å². The van der Waals surface area contributed by atoms with Crippen LogP contribution in [0.15, 0.2) is 0 Å². The first-order chi connectivity index (χ1) is 6.07. The molecule has 4 nitrogen and oxygen atoms in total. The Morgan fingerprint density at radius 2 is 2.08 bits per heavy atom. The third-order valence-electron chi connectivity index (χ3n) is 2.24. The summed E-state index contributed by atoms with van der Waals surface area (Å²) in [6.07, 6.45) is -0.119. The molecule has 0 N–H and O–H groups in total. The third kappa shape index (κ3) is 2.03. The number of ether oxygens (including phenoxy) is 1. The maximum absolute atomic E-state index is 11.3. The fourth-order valence-corrected chi connectivity index (χ4v) is 1.96. The van der Waals surface area contributed by atoms with E-state index in [-0.39, 0.29) is 29.0 Å². The molecule has 1 saturated heterocycles. The number of imide groups is 1. The zero-order valence-electron chi connectivity index (χ0n) is 7.94. The second-order valence-corrected chi connectivity index (χ2v) is 3.93. The predicted molar refractivity (Wildman–Crippen MR) is 50.6 cm³/mol. The maximum atomic E-state index is 11.3. The van der Waals surface area contributed by atoms with E-state index in [2.05, 4.69) is 0 Å². The van der Waals surface area contributed by atoms with Crippen molar-refractivity contribution in [2.24, 2.45) is 0 Å². The van der Waals surface area contributed by atoms with Crippen LogP contribution in [0.2, 0.25) is 0 Å². The van der Waals surface area contributed by atoms with E-state index in [1.807, 2.05) is 13.8 Å². The Labute approximate surface area is 81.6 Å². The summed E-state index contributed by atoms with van der Waals surface area (Å²) in [5.74, 6) is 0.144. The molecule has 1 heterocycles. The summed E-state index contributed by atoms with van der Waals surface area (Å²) in [5.41, 5.74) is 0. The molecular formula is C8H13NO3S. The SMILES string of the molecule is CO[C@H](C)C(C)N1C(=O)CSC1=O. The van der Waals surface area contributed by atoms with Crippen molar-refractivity contribution in [2.75, 3.05) is 12.9 Å². The molecule has 2 atom stereocenters. The van der Waals surface area contributed by atoms with Gasteiger partial charge in [0.15, 0.2) is 0 Å². The van der Waals surface area contributed by atoms with Gasteiger partial charge in [-0.15, -0.1) is 0 Å². The van der Waals surface area contributed by atoms with E-state index in [1.165, 1.54) is 4.90 Å². The molecule has 1 aliphatic rings. The molecule has 74 valence electrons. The molecule has 0 bridgehead atoms. The third-order valence-corrected chi connectivity index (χ3v) is 3.08. The van der Waals surface area contributed by atoms with Crippen LogP contribution in [0.25, 0.3) is 0 Å². The molecule has 0 aliphatic carbocycles. The number of hydrogen-bond donors (Lipinski definition) is 0. The molecule has 0 saturated carbocycles. The normalized spacial score (nSPS) is 22.2. The van der Waals surface area contributed by atoms with Crippen LogP contribution in [-0.2, 0) is 9.53 Å². The van der Waals surface area contributed by atoms with Gasteiger partial charge in [-0.2, -0.15) is 0 Å². The van der Waals surface area contributed by atoms with Gasteiger partial charge in [-0.25, -0.2) is 0 Å².